The zero-order valence-corrected chi connectivity index (χ0v) is 14.3. The summed E-state index contributed by atoms with van der Waals surface area (Å²) in [5.41, 5.74) is 9.32. The normalized spacial score (nSPS) is 12.0. The Morgan fingerprint density at radius 1 is 1.19 bits per heavy atom. The van der Waals surface area contributed by atoms with Crippen LogP contribution in [-0.4, -0.2) is 19.8 Å². The van der Waals surface area contributed by atoms with Crippen LogP contribution in [0.4, 0.5) is 5.69 Å². The molecule has 2 rings (SSSR count). The first kappa shape index (κ1) is 16.0. The van der Waals surface area contributed by atoms with Crippen molar-refractivity contribution >= 4 is 27.0 Å². The summed E-state index contributed by atoms with van der Waals surface area (Å²) in [6.45, 7) is 6.12. The zero-order chi connectivity index (χ0) is 15.8. The summed E-state index contributed by atoms with van der Waals surface area (Å²) in [4.78, 5) is 1.30. The molecule has 2 N–H and O–H groups in total. The molecule has 114 valence electrons. The van der Waals surface area contributed by atoms with Crippen LogP contribution in [0.5, 0.6) is 0 Å². The van der Waals surface area contributed by atoms with Gasteiger partial charge in [-0.1, -0.05) is 0 Å². The number of nitrogen functional groups attached to an aromatic ring is 1. The second kappa shape index (κ2) is 5.79. The van der Waals surface area contributed by atoms with Crippen molar-refractivity contribution in [3.63, 3.8) is 0 Å². The zero-order valence-electron chi connectivity index (χ0n) is 12.7. The monoisotopic (exact) mass is 324 g/mol. The molecule has 0 unspecified atom stereocenters. The molecule has 1 aromatic heterocycles. The smallest absolute Gasteiger partial charge is 0.243 e. The minimum absolute atomic E-state index is 0.250. The molecule has 0 aliphatic heterocycles. The van der Waals surface area contributed by atoms with E-state index >= 15 is 0 Å². The standard InChI is InChI=1S/C15H20N2O2S2/c1-10-5-6-20-15(10)9-17(4)21(18,19)13-7-11(2)12(3)14(16)8-13/h5-8H,9,16H2,1-4H3. The van der Waals surface area contributed by atoms with Gasteiger partial charge in [0.05, 0.1) is 4.90 Å². The van der Waals surface area contributed by atoms with E-state index in [2.05, 4.69) is 0 Å². The molecule has 0 radical (unpaired) electrons. The maximum atomic E-state index is 12.7. The number of nitrogens with zero attached hydrogens (tertiary/aromatic N) is 1. The predicted octanol–water partition coefficient (Wildman–Crippen LogP) is 3.08. The maximum absolute atomic E-state index is 12.7. The SMILES string of the molecule is Cc1ccsc1CN(C)S(=O)(=O)c1cc(C)c(C)c(N)c1. The highest BCUT2D eigenvalue weighted by Crippen LogP contribution is 2.25. The molecule has 0 atom stereocenters. The van der Waals surface area contributed by atoms with Gasteiger partial charge >= 0.3 is 0 Å². The third-order valence-electron chi connectivity index (χ3n) is 3.72. The predicted molar refractivity (Wildman–Crippen MR) is 88.0 cm³/mol. The first-order valence-corrected chi connectivity index (χ1v) is 8.91. The van der Waals surface area contributed by atoms with E-state index in [1.807, 2.05) is 32.2 Å². The highest BCUT2D eigenvalue weighted by molar-refractivity contribution is 7.89. The van der Waals surface area contributed by atoms with Crippen LogP contribution in [0.2, 0.25) is 0 Å². The second-order valence-electron chi connectivity index (χ2n) is 5.24. The minimum Gasteiger partial charge on any atom is -0.398 e. The van der Waals surface area contributed by atoms with Crippen LogP contribution in [0.1, 0.15) is 21.6 Å². The fraction of sp³-hybridized carbons (Fsp3) is 0.333. The van der Waals surface area contributed by atoms with Gasteiger partial charge in [-0.05, 0) is 61.0 Å². The van der Waals surface area contributed by atoms with Gasteiger partial charge < -0.3 is 5.73 Å². The topological polar surface area (TPSA) is 63.4 Å². The molecule has 0 fully saturated rings. The Labute approximate surface area is 130 Å². The molecule has 0 saturated heterocycles. The maximum Gasteiger partial charge on any atom is 0.243 e. The van der Waals surface area contributed by atoms with Crippen molar-refractivity contribution < 1.29 is 8.42 Å². The van der Waals surface area contributed by atoms with Gasteiger partial charge in [0.15, 0.2) is 0 Å². The molecule has 0 spiro atoms. The molecule has 21 heavy (non-hydrogen) atoms. The lowest BCUT2D eigenvalue weighted by atomic mass is 10.1. The van der Waals surface area contributed by atoms with Gasteiger partial charge in [0, 0.05) is 24.2 Å². The van der Waals surface area contributed by atoms with Gasteiger partial charge in [-0.2, -0.15) is 4.31 Å². The number of sulfonamides is 1. The van der Waals surface area contributed by atoms with Gasteiger partial charge in [-0.25, -0.2) is 8.42 Å². The summed E-state index contributed by atoms with van der Waals surface area (Å²) in [5.74, 6) is 0. The van der Waals surface area contributed by atoms with Gasteiger partial charge in [-0.3, -0.25) is 0 Å². The Hall–Kier alpha value is -1.37. The summed E-state index contributed by atoms with van der Waals surface area (Å²) in [5, 5.41) is 1.97. The quantitative estimate of drug-likeness (QED) is 0.879. The van der Waals surface area contributed by atoms with Gasteiger partial charge in [0.25, 0.3) is 0 Å². The Morgan fingerprint density at radius 3 is 2.38 bits per heavy atom. The fourth-order valence-corrected chi connectivity index (χ4v) is 4.34. The number of rotatable bonds is 4. The van der Waals surface area contributed by atoms with Gasteiger partial charge in [-0.15, -0.1) is 11.3 Å². The number of nitrogens with two attached hydrogens (primary N) is 1. The molecule has 0 aliphatic carbocycles. The van der Waals surface area contributed by atoms with Crippen LogP contribution < -0.4 is 5.73 Å². The van der Waals surface area contributed by atoms with Crippen LogP contribution in [0.25, 0.3) is 0 Å². The van der Waals surface area contributed by atoms with Crippen LogP contribution in [0.3, 0.4) is 0 Å². The fourth-order valence-electron chi connectivity index (χ4n) is 2.03. The minimum atomic E-state index is -3.53. The van der Waals surface area contributed by atoms with E-state index in [1.165, 1.54) is 10.4 Å². The molecule has 6 heteroatoms. The highest BCUT2D eigenvalue weighted by Gasteiger charge is 2.23. The van der Waals surface area contributed by atoms with Crippen molar-refractivity contribution in [2.75, 3.05) is 12.8 Å². The Kier molecular flexibility index (Phi) is 4.41. The van der Waals surface area contributed by atoms with E-state index < -0.39 is 10.0 Å². The lowest BCUT2D eigenvalue weighted by Crippen LogP contribution is -2.26. The van der Waals surface area contributed by atoms with Gasteiger partial charge in [0.2, 0.25) is 10.0 Å². The number of aryl methyl sites for hydroxylation is 2. The van der Waals surface area contributed by atoms with E-state index in [1.54, 1.807) is 24.5 Å². The molecule has 0 saturated carbocycles. The third kappa shape index (κ3) is 3.12. The summed E-state index contributed by atoms with van der Waals surface area (Å²) in [6.07, 6.45) is 0. The Balaban J connectivity index is 2.35. The molecule has 0 aliphatic rings. The molecule has 2 aromatic rings. The van der Waals surface area contributed by atoms with E-state index in [0.29, 0.717) is 12.2 Å². The molecule has 1 aromatic carbocycles. The lowest BCUT2D eigenvalue weighted by Gasteiger charge is -2.18. The van der Waals surface area contributed by atoms with E-state index in [4.69, 9.17) is 5.73 Å². The van der Waals surface area contributed by atoms with Crippen molar-refractivity contribution in [1.82, 2.24) is 4.31 Å². The van der Waals surface area contributed by atoms with Crippen molar-refractivity contribution in [3.8, 4) is 0 Å². The number of anilines is 1. The number of hydrogen-bond acceptors (Lipinski definition) is 4. The summed E-state index contributed by atoms with van der Waals surface area (Å²) in [6, 6.07) is 5.21. The van der Waals surface area contributed by atoms with E-state index in [9.17, 15) is 8.42 Å². The molecule has 0 amide bonds. The third-order valence-corrected chi connectivity index (χ3v) is 6.51. The Bertz CT molecular complexity index is 741. The molecular formula is C15H20N2O2S2. The van der Waals surface area contributed by atoms with Crippen molar-refractivity contribution in [3.05, 3.63) is 45.1 Å². The highest BCUT2D eigenvalue weighted by atomic mass is 32.2. The molecule has 0 bridgehead atoms. The number of thiophene rings is 1. The Morgan fingerprint density at radius 2 is 1.86 bits per heavy atom. The molecule has 4 nitrogen and oxygen atoms in total. The first-order valence-electron chi connectivity index (χ1n) is 6.59. The van der Waals surface area contributed by atoms with Gasteiger partial charge in [0.1, 0.15) is 0 Å². The number of benzene rings is 1. The largest absolute Gasteiger partial charge is 0.398 e. The van der Waals surface area contributed by atoms with Crippen LogP contribution in [0.15, 0.2) is 28.5 Å². The van der Waals surface area contributed by atoms with Crippen molar-refractivity contribution in [2.45, 2.75) is 32.2 Å². The van der Waals surface area contributed by atoms with Crippen LogP contribution >= 0.6 is 11.3 Å². The average Bonchev–Trinajstić information content (AvgIpc) is 2.80. The summed E-state index contributed by atoms with van der Waals surface area (Å²) < 4.78 is 26.7. The van der Waals surface area contributed by atoms with Crippen LogP contribution in [-0.2, 0) is 16.6 Å². The van der Waals surface area contributed by atoms with Crippen LogP contribution in [0, 0.1) is 20.8 Å². The summed E-state index contributed by atoms with van der Waals surface area (Å²) in [7, 11) is -1.94. The second-order valence-corrected chi connectivity index (χ2v) is 8.29. The average molecular weight is 324 g/mol. The lowest BCUT2D eigenvalue weighted by molar-refractivity contribution is 0.469. The molecular weight excluding hydrogens is 304 g/mol. The van der Waals surface area contributed by atoms with E-state index in [-0.39, 0.29) is 4.90 Å². The van der Waals surface area contributed by atoms with Crippen molar-refractivity contribution in [2.24, 2.45) is 0 Å². The summed E-state index contributed by atoms with van der Waals surface area (Å²) >= 11 is 1.57. The van der Waals surface area contributed by atoms with Crippen molar-refractivity contribution in [1.29, 1.82) is 0 Å². The first-order chi connectivity index (χ1) is 9.73. The number of hydrogen-bond donors (Lipinski definition) is 1. The van der Waals surface area contributed by atoms with E-state index in [0.717, 1.165) is 21.6 Å². The molecule has 1 heterocycles.